The minimum absolute atomic E-state index is 0.0317. The zero-order chi connectivity index (χ0) is 15.4. The summed E-state index contributed by atoms with van der Waals surface area (Å²) in [4.78, 5) is 20.8. The van der Waals surface area contributed by atoms with Crippen LogP contribution in [0.4, 0.5) is 10.6 Å². The molecule has 0 radical (unpaired) electrons. The van der Waals surface area contributed by atoms with Crippen LogP contribution in [0.2, 0.25) is 0 Å². The summed E-state index contributed by atoms with van der Waals surface area (Å²) in [7, 11) is 0. The Balaban J connectivity index is 1.47. The number of carbonyl (C=O) groups excluding carboxylic acids is 1. The molecule has 2 saturated heterocycles. The molecule has 0 spiro atoms. The normalized spacial score (nSPS) is 22.9. The first-order valence-corrected chi connectivity index (χ1v) is 8.08. The maximum absolute atomic E-state index is 12.3. The van der Waals surface area contributed by atoms with Crippen molar-refractivity contribution < 1.29 is 9.90 Å². The van der Waals surface area contributed by atoms with Gasteiger partial charge in [-0.2, -0.15) is 0 Å². The van der Waals surface area contributed by atoms with Gasteiger partial charge < -0.3 is 20.2 Å². The highest BCUT2D eigenvalue weighted by atomic mass is 16.3. The monoisotopic (exact) mass is 304 g/mol. The number of aliphatic hydroxyl groups excluding tert-OH is 1. The third-order valence-corrected chi connectivity index (χ3v) is 4.65. The van der Waals surface area contributed by atoms with Gasteiger partial charge in [0.25, 0.3) is 0 Å². The Morgan fingerprint density at radius 2 is 2.09 bits per heavy atom. The van der Waals surface area contributed by atoms with Gasteiger partial charge in [0.2, 0.25) is 0 Å². The number of piperidine rings is 1. The Morgan fingerprint density at radius 3 is 2.77 bits per heavy atom. The molecule has 6 nitrogen and oxygen atoms in total. The fraction of sp³-hybridized carbons (Fsp3) is 0.625. The highest BCUT2D eigenvalue weighted by molar-refractivity contribution is 5.74. The molecule has 2 N–H and O–H groups in total. The van der Waals surface area contributed by atoms with Gasteiger partial charge in [-0.25, -0.2) is 9.78 Å². The van der Waals surface area contributed by atoms with Gasteiger partial charge in [0.15, 0.2) is 0 Å². The Kier molecular flexibility index (Phi) is 4.77. The van der Waals surface area contributed by atoms with Crippen molar-refractivity contribution in [1.29, 1.82) is 0 Å². The van der Waals surface area contributed by atoms with Crippen molar-refractivity contribution in [2.75, 3.05) is 37.7 Å². The average Bonchev–Trinajstić information content (AvgIpc) is 3.04. The number of urea groups is 1. The summed E-state index contributed by atoms with van der Waals surface area (Å²) in [5.74, 6) is 1.33. The van der Waals surface area contributed by atoms with E-state index in [4.69, 9.17) is 5.11 Å². The molecule has 1 aromatic heterocycles. The highest BCUT2D eigenvalue weighted by Crippen LogP contribution is 2.19. The molecule has 0 aliphatic carbocycles. The third-order valence-electron chi connectivity index (χ3n) is 4.65. The van der Waals surface area contributed by atoms with E-state index < -0.39 is 0 Å². The van der Waals surface area contributed by atoms with Crippen molar-refractivity contribution in [2.45, 2.75) is 25.3 Å². The number of nitrogens with zero attached hydrogens (tertiary/aromatic N) is 3. The van der Waals surface area contributed by atoms with Crippen LogP contribution < -0.4 is 10.2 Å². The number of hydrogen-bond acceptors (Lipinski definition) is 4. The summed E-state index contributed by atoms with van der Waals surface area (Å²) in [6, 6.07) is 6.12. The van der Waals surface area contributed by atoms with E-state index in [9.17, 15) is 4.79 Å². The van der Waals surface area contributed by atoms with Crippen LogP contribution >= 0.6 is 0 Å². The fourth-order valence-electron chi connectivity index (χ4n) is 3.21. The molecule has 2 aliphatic rings. The topological polar surface area (TPSA) is 68.7 Å². The molecular formula is C16H24N4O2. The number of aromatic nitrogens is 1. The van der Waals surface area contributed by atoms with Gasteiger partial charge in [-0.3, -0.25) is 0 Å². The van der Waals surface area contributed by atoms with Gasteiger partial charge >= 0.3 is 6.03 Å². The lowest BCUT2D eigenvalue weighted by molar-refractivity contribution is 0.136. The van der Waals surface area contributed by atoms with E-state index in [0.29, 0.717) is 5.92 Å². The molecule has 1 aromatic rings. The molecule has 2 fully saturated rings. The quantitative estimate of drug-likeness (QED) is 0.876. The minimum Gasteiger partial charge on any atom is -0.396 e. The van der Waals surface area contributed by atoms with Crippen LogP contribution in [-0.4, -0.2) is 59.8 Å². The number of amides is 2. The van der Waals surface area contributed by atoms with Crippen LogP contribution in [0.1, 0.15) is 19.3 Å². The predicted molar refractivity (Wildman–Crippen MR) is 84.8 cm³/mol. The molecule has 120 valence electrons. The Hall–Kier alpha value is -1.82. The summed E-state index contributed by atoms with van der Waals surface area (Å²) >= 11 is 0. The second-order valence-electron chi connectivity index (χ2n) is 6.18. The first-order chi connectivity index (χ1) is 10.8. The molecule has 2 aliphatic heterocycles. The van der Waals surface area contributed by atoms with Crippen molar-refractivity contribution in [1.82, 2.24) is 15.2 Å². The summed E-state index contributed by atoms with van der Waals surface area (Å²) in [6.45, 7) is 3.46. The molecule has 6 heteroatoms. The summed E-state index contributed by atoms with van der Waals surface area (Å²) < 4.78 is 0. The number of carbonyl (C=O) groups is 1. The van der Waals surface area contributed by atoms with Gasteiger partial charge in [-0.15, -0.1) is 0 Å². The Labute approximate surface area is 131 Å². The molecule has 3 rings (SSSR count). The smallest absolute Gasteiger partial charge is 0.317 e. The maximum atomic E-state index is 12.3. The second kappa shape index (κ2) is 6.96. The van der Waals surface area contributed by atoms with Crippen LogP contribution in [0.25, 0.3) is 0 Å². The molecule has 0 saturated carbocycles. The number of nitrogens with one attached hydrogen (secondary N) is 1. The van der Waals surface area contributed by atoms with Gasteiger partial charge in [0, 0.05) is 45.0 Å². The molecule has 0 bridgehead atoms. The number of hydrogen-bond donors (Lipinski definition) is 2. The van der Waals surface area contributed by atoms with Crippen LogP contribution in [0.5, 0.6) is 0 Å². The van der Waals surface area contributed by atoms with E-state index in [-0.39, 0.29) is 18.7 Å². The lowest BCUT2D eigenvalue weighted by Crippen LogP contribution is -2.48. The van der Waals surface area contributed by atoms with E-state index in [0.717, 1.165) is 51.3 Å². The minimum atomic E-state index is 0.0317. The second-order valence-corrected chi connectivity index (χ2v) is 6.18. The van der Waals surface area contributed by atoms with E-state index in [1.54, 1.807) is 6.20 Å². The van der Waals surface area contributed by atoms with E-state index >= 15 is 0 Å². The predicted octanol–water partition coefficient (Wildman–Crippen LogP) is 1.07. The van der Waals surface area contributed by atoms with Crippen LogP contribution in [0.3, 0.4) is 0 Å². The van der Waals surface area contributed by atoms with Gasteiger partial charge in [0.1, 0.15) is 5.82 Å². The van der Waals surface area contributed by atoms with Crippen molar-refractivity contribution in [2.24, 2.45) is 5.92 Å². The molecule has 0 aromatic carbocycles. The van der Waals surface area contributed by atoms with E-state index in [1.807, 2.05) is 23.1 Å². The average molecular weight is 304 g/mol. The first-order valence-electron chi connectivity index (χ1n) is 8.08. The lowest BCUT2D eigenvalue weighted by atomic mass is 9.98. The van der Waals surface area contributed by atoms with Gasteiger partial charge in [-0.05, 0) is 37.3 Å². The Bertz CT molecular complexity index is 488. The van der Waals surface area contributed by atoms with Crippen LogP contribution in [0.15, 0.2) is 24.4 Å². The molecular weight excluding hydrogens is 280 g/mol. The summed E-state index contributed by atoms with van der Waals surface area (Å²) in [5.41, 5.74) is 0. The van der Waals surface area contributed by atoms with Crippen molar-refractivity contribution in [3.05, 3.63) is 24.4 Å². The molecule has 22 heavy (non-hydrogen) atoms. The number of likely N-dealkylation sites (tertiary alicyclic amines) is 1. The summed E-state index contributed by atoms with van der Waals surface area (Å²) in [6.07, 6.45) is 4.55. The highest BCUT2D eigenvalue weighted by Gasteiger charge is 2.28. The van der Waals surface area contributed by atoms with Crippen molar-refractivity contribution in [3.63, 3.8) is 0 Å². The summed E-state index contributed by atoms with van der Waals surface area (Å²) in [5, 5.41) is 12.3. The van der Waals surface area contributed by atoms with E-state index in [2.05, 4.69) is 15.2 Å². The number of anilines is 1. The molecule has 3 heterocycles. The molecule has 2 amide bonds. The standard InChI is InChI=1S/C16H24N4O2/c21-12-13-4-8-19(9-5-13)16(22)18-14-6-10-20(11-14)15-3-1-2-7-17-15/h1-3,7,13-14,21H,4-6,8-12H2,(H,18,22). The first kappa shape index (κ1) is 15.1. The van der Waals surface area contributed by atoms with Gasteiger partial charge in [-0.1, -0.05) is 6.07 Å². The maximum Gasteiger partial charge on any atom is 0.317 e. The van der Waals surface area contributed by atoms with Crippen LogP contribution in [-0.2, 0) is 0 Å². The third kappa shape index (κ3) is 3.50. The Morgan fingerprint density at radius 1 is 1.27 bits per heavy atom. The van der Waals surface area contributed by atoms with Crippen LogP contribution in [0, 0.1) is 5.92 Å². The number of aliphatic hydroxyl groups is 1. The van der Waals surface area contributed by atoms with Crippen molar-refractivity contribution >= 4 is 11.8 Å². The van der Waals surface area contributed by atoms with Crippen molar-refractivity contribution in [3.8, 4) is 0 Å². The fourth-order valence-corrected chi connectivity index (χ4v) is 3.21. The molecule has 1 unspecified atom stereocenters. The zero-order valence-electron chi connectivity index (χ0n) is 12.8. The molecule has 1 atom stereocenters. The number of pyridine rings is 1. The number of rotatable bonds is 3. The lowest BCUT2D eigenvalue weighted by Gasteiger charge is -2.32. The van der Waals surface area contributed by atoms with Gasteiger partial charge in [0.05, 0.1) is 0 Å². The SMILES string of the molecule is O=C(NC1CCN(c2ccccn2)C1)N1CCC(CO)CC1. The zero-order valence-corrected chi connectivity index (χ0v) is 12.8. The van der Waals surface area contributed by atoms with E-state index in [1.165, 1.54) is 0 Å². The largest absolute Gasteiger partial charge is 0.396 e.